The molecule has 3 rings (SSSR count). The van der Waals surface area contributed by atoms with Crippen molar-refractivity contribution in [2.75, 3.05) is 0 Å². The summed E-state index contributed by atoms with van der Waals surface area (Å²) in [6, 6.07) is 0.766. The van der Waals surface area contributed by atoms with Crippen molar-refractivity contribution in [3.8, 4) is 0 Å². The summed E-state index contributed by atoms with van der Waals surface area (Å²) in [6.07, 6.45) is 9.38. The van der Waals surface area contributed by atoms with Gasteiger partial charge in [-0.25, -0.2) is 4.98 Å². The first-order valence-electron chi connectivity index (χ1n) is 7.85. The third-order valence-corrected chi connectivity index (χ3v) is 6.31. The lowest BCUT2D eigenvalue weighted by Gasteiger charge is -2.39. The lowest BCUT2D eigenvalue weighted by Crippen LogP contribution is -2.46. The zero-order chi connectivity index (χ0) is 13.5. The molecule has 0 aliphatic heterocycles. The van der Waals surface area contributed by atoms with Gasteiger partial charge in [-0.15, -0.1) is 11.3 Å². The zero-order valence-corrected chi connectivity index (χ0v) is 13.3. The highest BCUT2D eigenvalue weighted by Crippen LogP contribution is 2.44. The molecule has 1 heterocycles. The first-order chi connectivity index (χ1) is 9.13. The number of nitrogens with one attached hydrogen (secondary N) is 1. The van der Waals surface area contributed by atoms with Crippen molar-refractivity contribution in [3.05, 3.63) is 15.6 Å². The van der Waals surface area contributed by atoms with Crippen molar-refractivity contribution in [1.82, 2.24) is 10.3 Å². The SMILES string of the molecule is CCC1CCC(NC2CC2)(c2nc(C)c(C)s2)CC1. The molecule has 0 bridgehead atoms. The summed E-state index contributed by atoms with van der Waals surface area (Å²) in [5.41, 5.74) is 1.44. The van der Waals surface area contributed by atoms with Crippen LogP contribution in [0.25, 0.3) is 0 Å². The van der Waals surface area contributed by atoms with Crippen molar-refractivity contribution in [2.45, 2.75) is 77.3 Å². The van der Waals surface area contributed by atoms with Crippen LogP contribution in [0.1, 0.15) is 67.4 Å². The fourth-order valence-corrected chi connectivity index (χ4v) is 4.42. The summed E-state index contributed by atoms with van der Waals surface area (Å²) in [7, 11) is 0. The maximum absolute atomic E-state index is 4.89. The van der Waals surface area contributed by atoms with Crippen LogP contribution in [0.15, 0.2) is 0 Å². The second kappa shape index (κ2) is 5.17. The molecule has 19 heavy (non-hydrogen) atoms. The summed E-state index contributed by atoms with van der Waals surface area (Å²) in [6.45, 7) is 6.69. The third kappa shape index (κ3) is 2.73. The number of aromatic nitrogens is 1. The van der Waals surface area contributed by atoms with Crippen LogP contribution in [-0.2, 0) is 5.54 Å². The van der Waals surface area contributed by atoms with Gasteiger partial charge in [0.2, 0.25) is 0 Å². The highest BCUT2D eigenvalue weighted by molar-refractivity contribution is 7.11. The lowest BCUT2D eigenvalue weighted by molar-refractivity contribution is 0.182. The molecule has 2 fully saturated rings. The van der Waals surface area contributed by atoms with Gasteiger partial charge in [-0.1, -0.05) is 13.3 Å². The van der Waals surface area contributed by atoms with E-state index in [-0.39, 0.29) is 5.54 Å². The molecule has 2 aliphatic carbocycles. The number of hydrogen-bond donors (Lipinski definition) is 1. The fraction of sp³-hybridized carbons (Fsp3) is 0.812. The van der Waals surface area contributed by atoms with E-state index in [4.69, 9.17) is 4.98 Å². The van der Waals surface area contributed by atoms with Gasteiger partial charge in [0.05, 0.1) is 11.2 Å². The second-order valence-corrected chi connectivity index (χ2v) is 7.72. The summed E-state index contributed by atoms with van der Waals surface area (Å²) < 4.78 is 0. The Hall–Kier alpha value is -0.410. The number of nitrogens with zero attached hydrogens (tertiary/aromatic N) is 1. The number of thiazole rings is 1. The molecular formula is C16H26N2S. The van der Waals surface area contributed by atoms with E-state index in [1.54, 1.807) is 0 Å². The molecule has 0 saturated heterocycles. The van der Waals surface area contributed by atoms with Gasteiger partial charge >= 0.3 is 0 Å². The van der Waals surface area contributed by atoms with Crippen LogP contribution in [0.5, 0.6) is 0 Å². The Balaban J connectivity index is 1.84. The summed E-state index contributed by atoms with van der Waals surface area (Å²) in [4.78, 5) is 6.29. The Morgan fingerprint density at radius 2 is 1.89 bits per heavy atom. The summed E-state index contributed by atoms with van der Waals surface area (Å²) in [5, 5.41) is 5.32. The average molecular weight is 278 g/mol. The molecule has 0 unspecified atom stereocenters. The summed E-state index contributed by atoms with van der Waals surface area (Å²) in [5.74, 6) is 0.941. The monoisotopic (exact) mass is 278 g/mol. The largest absolute Gasteiger partial charge is 0.303 e. The van der Waals surface area contributed by atoms with Gasteiger partial charge < -0.3 is 5.32 Å². The summed E-state index contributed by atoms with van der Waals surface area (Å²) >= 11 is 1.92. The van der Waals surface area contributed by atoms with E-state index in [0.717, 1.165) is 12.0 Å². The highest BCUT2D eigenvalue weighted by Gasteiger charge is 2.42. The van der Waals surface area contributed by atoms with E-state index in [2.05, 4.69) is 26.1 Å². The molecule has 1 aromatic heterocycles. The average Bonchev–Trinajstić information content (AvgIpc) is 3.16. The smallest absolute Gasteiger partial charge is 0.113 e. The molecular weight excluding hydrogens is 252 g/mol. The molecule has 1 N–H and O–H groups in total. The van der Waals surface area contributed by atoms with Crippen LogP contribution in [0.2, 0.25) is 0 Å². The van der Waals surface area contributed by atoms with Crippen LogP contribution in [0.3, 0.4) is 0 Å². The predicted molar refractivity (Wildman–Crippen MR) is 81.7 cm³/mol. The molecule has 2 nitrogen and oxygen atoms in total. The van der Waals surface area contributed by atoms with Gasteiger partial charge in [0.25, 0.3) is 0 Å². The van der Waals surface area contributed by atoms with Crippen LogP contribution >= 0.6 is 11.3 Å². The van der Waals surface area contributed by atoms with E-state index in [1.165, 1.54) is 60.5 Å². The first-order valence-corrected chi connectivity index (χ1v) is 8.67. The maximum atomic E-state index is 4.89. The Bertz CT molecular complexity index is 420. The van der Waals surface area contributed by atoms with Gasteiger partial charge in [-0.2, -0.15) is 0 Å². The molecule has 0 amide bonds. The first kappa shape index (κ1) is 13.6. The van der Waals surface area contributed by atoms with Gasteiger partial charge in [0, 0.05) is 10.9 Å². The molecule has 0 atom stereocenters. The molecule has 0 radical (unpaired) electrons. The van der Waals surface area contributed by atoms with Crippen molar-refractivity contribution in [2.24, 2.45) is 5.92 Å². The van der Waals surface area contributed by atoms with Crippen molar-refractivity contribution >= 4 is 11.3 Å². The lowest BCUT2D eigenvalue weighted by atomic mass is 9.75. The van der Waals surface area contributed by atoms with E-state index < -0.39 is 0 Å². The van der Waals surface area contributed by atoms with Gasteiger partial charge in [-0.3, -0.25) is 0 Å². The zero-order valence-electron chi connectivity index (χ0n) is 12.5. The number of rotatable bonds is 4. The number of aryl methyl sites for hydroxylation is 2. The highest BCUT2D eigenvalue weighted by atomic mass is 32.1. The second-order valence-electron chi connectivity index (χ2n) is 6.51. The maximum Gasteiger partial charge on any atom is 0.113 e. The Morgan fingerprint density at radius 1 is 1.21 bits per heavy atom. The van der Waals surface area contributed by atoms with Crippen LogP contribution in [-0.4, -0.2) is 11.0 Å². The quantitative estimate of drug-likeness (QED) is 0.888. The van der Waals surface area contributed by atoms with Gasteiger partial charge in [0.1, 0.15) is 5.01 Å². The van der Waals surface area contributed by atoms with Crippen molar-refractivity contribution in [3.63, 3.8) is 0 Å². The Kier molecular flexibility index (Phi) is 3.69. The van der Waals surface area contributed by atoms with E-state index >= 15 is 0 Å². The molecule has 2 aliphatic rings. The topological polar surface area (TPSA) is 24.9 Å². The van der Waals surface area contributed by atoms with Crippen molar-refractivity contribution < 1.29 is 0 Å². The molecule has 0 aromatic carbocycles. The van der Waals surface area contributed by atoms with Gasteiger partial charge in [-0.05, 0) is 58.3 Å². The van der Waals surface area contributed by atoms with E-state index in [1.807, 2.05) is 11.3 Å². The van der Waals surface area contributed by atoms with Crippen LogP contribution in [0, 0.1) is 19.8 Å². The predicted octanol–water partition coefficient (Wildman–Crippen LogP) is 4.31. The molecule has 1 aromatic rings. The number of hydrogen-bond acceptors (Lipinski definition) is 3. The fourth-order valence-electron chi connectivity index (χ4n) is 3.29. The van der Waals surface area contributed by atoms with Crippen LogP contribution < -0.4 is 5.32 Å². The molecule has 0 spiro atoms. The van der Waals surface area contributed by atoms with E-state index in [0.29, 0.717) is 0 Å². The van der Waals surface area contributed by atoms with Gasteiger partial charge in [0.15, 0.2) is 0 Å². The standard InChI is InChI=1S/C16H26N2S/c1-4-13-7-9-16(10-8-13,18-14-5-6-14)15-17-11(2)12(3)19-15/h13-14,18H,4-10H2,1-3H3. The minimum atomic E-state index is 0.205. The minimum absolute atomic E-state index is 0.205. The molecule has 2 saturated carbocycles. The van der Waals surface area contributed by atoms with Crippen LogP contribution in [0.4, 0.5) is 0 Å². The molecule has 3 heteroatoms. The normalized spacial score (nSPS) is 31.6. The van der Waals surface area contributed by atoms with Crippen molar-refractivity contribution in [1.29, 1.82) is 0 Å². The van der Waals surface area contributed by atoms with E-state index in [9.17, 15) is 0 Å². The Labute approximate surface area is 121 Å². The Morgan fingerprint density at radius 3 is 2.37 bits per heavy atom. The third-order valence-electron chi connectivity index (χ3n) is 5.03. The minimum Gasteiger partial charge on any atom is -0.303 e. The molecule has 106 valence electrons.